The molecule has 0 heterocycles. The molecule has 1 N–H and O–H groups in total. The maximum absolute atomic E-state index is 10.5. The molecule has 0 aliphatic rings. The van der Waals surface area contributed by atoms with E-state index in [0.29, 0.717) is 0 Å². The van der Waals surface area contributed by atoms with Crippen LogP contribution in [0, 0.1) is 5.92 Å². The van der Waals surface area contributed by atoms with Crippen molar-refractivity contribution in [2.45, 2.75) is 46.0 Å². The Balaban J connectivity index is 0. The van der Waals surface area contributed by atoms with Crippen LogP contribution < -0.4 is 0 Å². The predicted molar refractivity (Wildman–Crippen MR) is 45.6 cm³/mol. The topological polar surface area (TPSA) is 37.3 Å². The summed E-state index contributed by atoms with van der Waals surface area (Å²) in [6.45, 7) is 4.06. The van der Waals surface area contributed by atoms with Crippen LogP contribution in [0.15, 0.2) is 0 Å². The minimum Gasteiger partial charge on any atom is -0.481 e. The number of rotatable bonds is 6. The van der Waals surface area contributed by atoms with Crippen molar-refractivity contribution in [3.8, 4) is 0 Å². The third-order valence-corrected chi connectivity index (χ3v) is 2.00. The second-order valence-corrected chi connectivity index (χ2v) is 2.94. The maximum Gasteiger partial charge on any atom is 0.306 e. The first-order valence-corrected chi connectivity index (χ1v) is 4.45. The van der Waals surface area contributed by atoms with Gasteiger partial charge in [0, 0.05) is 25.8 Å². The molecule has 0 aliphatic carbocycles. The van der Waals surface area contributed by atoms with Gasteiger partial charge in [0.2, 0.25) is 0 Å². The van der Waals surface area contributed by atoms with E-state index in [-0.39, 0.29) is 31.8 Å². The zero-order valence-corrected chi connectivity index (χ0v) is 11.6. The van der Waals surface area contributed by atoms with Gasteiger partial charge in [0.1, 0.15) is 0 Å². The summed E-state index contributed by atoms with van der Waals surface area (Å²) in [5, 5.41) is 8.67. The van der Waals surface area contributed by atoms with E-state index in [0.717, 1.165) is 32.1 Å². The van der Waals surface area contributed by atoms with Crippen LogP contribution in [0.25, 0.3) is 0 Å². The van der Waals surface area contributed by atoms with E-state index in [1.54, 1.807) is 0 Å². The molecule has 0 amide bonds. The van der Waals surface area contributed by atoms with Gasteiger partial charge in [-0.1, -0.05) is 33.1 Å². The molecule has 0 fully saturated rings. The Labute approximate surface area is 93.5 Å². The summed E-state index contributed by atoms with van der Waals surface area (Å²) in [4.78, 5) is 10.5. The number of hydrogen-bond donors (Lipinski definition) is 1. The van der Waals surface area contributed by atoms with E-state index in [4.69, 9.17) is 5.11 Å². The van der Waals surface area contributed by atoms with Crippen LogP contribution in [0.5, 0.6) is 0 Å². The molecule has 0 bridgehead atoms. The smallest absolute Gasteiger partial charge is 0.306 e. The fourth-order valence-corrected chi connectivity index (χ4v) is 1.14. The van der Waals surface area contributed by atoms with Gasteiger partial charge in [0.15, 0.2) is 0 Å². The Morgan fingerprint density at radius 3 is 2.25 bits per heavy atom. The molecule has 1 unspecified atom stereocenters. The summed E-state index contributed by atoms with van der Waals surface area (Å²) in [5.41, 5.74) is 0. The van der Waals surface area contributed by atoms with Gasteiger partial charge in [0.25, 0.3) is 0 Å². The SMILES string of the molecule is CCCCCC(CC)C(=O)O.[Hf]. The van der Waals surface area contributed by atoms with Gasteiger partial charge in [-0.15, -0.1) is 0 Å². The molecular weight excluding hydrogens is 319 g/mol. The third-order valence-electron chi connectivity index (χ3n) is 2.00. The van der Waals surface area contributed by atoms with E-state index < -0.39 is 5.97 Å². The van der Waals surface area contributed by atoms with Crippen molar-refractivity contribution in [1.29, 1.82) is 0 Å². The summed E-state index contributed by atoms with van der Waals surface area (Å²) in [7, 11) is 0. The van der Waals surface area contributed by atoms with Crippen LogP contribution in [-0.4, -0.2) is 11.1 Å². The van der Waals surface area contributed by atoms with Crippen LogP contribution in [0.2, 0.25) is 0 Å². The molecule has 0 spiro atoms. The first-order valence-electron chi connectivity index (χ1n) is 4.45. The van der Waals surface area contributed by atoms with Gasteiger partial charge in [-0.3, -0.25) is 4.79 Å². The van der Waals surface area contributed by atoms with Crippen LogP contribution >= 0.6 is 0 Å². The van der Waals surface area contributed by atoms with Crippen molar-refractivity contribution in [2.75, 3.05) is 0 Å². The molecule has 0 rings (SSSR count). The average molecular weight is 337 g/mol. The number of aliphatic carboxylic acids is 1. The number of carboxylic acid groups (broad SMARTS) is 1. The Bertz CT molecular complexity index is 115. The zero-order chi connectivity index (χ0) is 8.69. The van der Waals surface area contributed by atoms with E-state index in [9.17, 15) is 4.79 Å². The second kappa shape index (κ2) is 9.43. The number of unbranched alkanes of at least 4 members (excludes halogenated alkanes) is 2. The predicted octanol–water partition coefficient (Wildman–Crippen LogP) is 2.68. The van der Waals surface area contributed by atoms with Gasteiger partial charge < -0.3 is 5.11 Å². The summed E-state index contributed by atoms with van der Waals surface area (Å²) >= 11 is 0. The second-order valence-electron chi connectivity index (χ2n) is 2.94. The number of hydrogen-bond acceptors (Lipinski definition) is 1. The minimum atomic E-state index is -0.636. The first-order chi connectivity index (χ1) is 5.22. The number of carboxylic acids is 1. The van der Waals surface area contributed by atoms with E-state index in [1.165, 1.54) is 0 Å². The van der Waals surface area contributed by atoms with Crippen molar-refractivity contribution in [2.24, 2.45) is 5.92 Å². The molecule has 0 aromatic carbocycles. The van der Waals surface area contributed by atoms with Crippen molar-refractivity contribution < 1.29 is 35.7 Å². The Hall–Kier alpha value is 0.340. The molecule has 1 atom stereocenters. The Kier molecular flexibility index (Phi) is 11.7. The molecule has 3 heteroatoms. The minimum absolute atomic E-state index is 0. The third kappa shape index (κ3) is 7.01. The van der Waals surface area contributed by atoms with Crippen molar-refractivity contribution in [3.05, 3.63) is 0 Å². The van der Waals surface area contributed by atoms with Gasteiger partial charge in [-0.25, -0.2) is 0 Å². The number of carbonyl (C=O) groups is 1. The van der Waals surface area contributed by atoms with E-state index in [1.807, 2.05) is 6.92 Å². The molecule has 0 saturated heterocycles. The normalized spacial score (nSPS) is 11.8. The molecule has 0 radical (unpaired) electrons. The van der Waals surface area contributed by atoms with Gasteiger partial charge >= 0.3 is 5.97 Å². The first kappa shape index (κ1) is 14.8. The van der Waals surface area contributed by atoms with Crippen molar-refractivity contribution >= 4 is 5.97 Å². The molecule has 0 aromatic heterocycles. The maximum atomic E-state index is 10.5. The molecule has 0 saturated carbocycles. The van der Waals surface area contributed by atoms with E-state index in [2.05, 4.69) is 6.92 Å². The van der Waals surface area contributed by atoms with Crippen LogP contribution in [0.1, 0.15) is 46.0 Å². The zero-order valence-electron chi connectivity index (χ0n) is 7.97. The summed E-state index contributed by atoms with van der Waals surface area (Å²) in [6, 6.07) is 0. The van der Waals surface area contributed by atoms with E-state index >= 15 is 0 Å². The molecular formula is C9H18HfO2. The Morgan fingerprint density at radius 2 is 1.92 bits per heavy atom. The quantitative estimate of drug-likeness (QED) is 0.598. The average Bonchev–Trinajstić information content (AvgIpc) is 1.97. The molecule has 0 aliphatic heterocycles. The van der Waals surface area contributed by atoms with Crippen molar-refractivity contribution in [3.63, 3.8) is 0 Å². The summed E-state index contributed by atoms with van der Waals surface area (Å²) in [6.07, 6.45) is 4.99. The molecule has 12 heavy (non-hydrogen) atoms. The van der Waals surface area contributed by atoms with Crippen LogP contribution in [-0.2, 0) is 30.6 Å². The Morgan fingerprint density at radius 1 is 1.33 bits per heavy atom. The monoisotopic (exact) mass is 338 g/mol. The molecule has 70 valence electrons. The van der Waals surface area contributed by atoms with Crippen LogP contribution in [0.3, 0.4) is 0 Å². The fourth-order valence-electron chi connectivity index (χ4n) is 1.14. The van der Waals surface area contributed by atoms with Gasteiger partial charge in [0.05, 0.1) is 5.92 Å². The largest absolute Gasteiger partial charge is 0.481 e. The fraction of sp³-hybridized carbons (Fsp3) is 0.889. The molecule has 2 nitrogen and oxygen atoms in total. The summed E-state index contributed by atoms with van der Waals surface area (Å²) in [5.74, 6) is -0.745. The molecule has 0 aromatic rings. The van der Waals surface area contributed by atoms with Crippen LogP contribution in [0.4, 0.5) is 0 Å². The van der Waals surface area contributed by atoms with Gasteiger partial charge in [-0.2, -0.15) is 0 Å². The standard InChI is InChI=1S/C9H18O2.Hf/c1-3-5-6-7-8(4-2)9(10)11;/h8H,3-7H2,1-2H3,(H,10,11);. The van der Waals surface area contributed by atoms with Gasteiger partial charge in [-0.05, 0) is 12.8 Å². The summed E-state index contributed by atoms with van der Waals surface area (Å²) < 4.78 is 0. The van der Waals surface area contributed by atoms with Crippen molar-refractivity contribution in [1.82, 2.24) is 0 Å².